The van der Waals surface area contributed by atoms with Crippen molar-refractivity contribution in [2.75, 3.05) is 32.7 Å². The number of carbonyl (C=O) groups is 1. The van der Waals surface area contributed by atoms with Gasteiger partial charge in [-0.25, -0.2) is 8.78 Å². The highest BCUT2D eigenvalue weighted by Crippen LogP contribution is 2.11. The van der Waals surface area contributed by atoms with E-state index in [1.165, 1.54) is 18.9 Å². The molecule has 1 fully saturated rings. The first kappa shape index (κ1) is 15.9. The molecule has 1 saturated heterocycles. The van der Waals surface area contributed by atoms with E-state index in [0.717, 1.165) is 31.8 Å². The third-order valence-electron chi connectivity index (χ3n) is 3.89. The number of halogens is 2. The van der Waals surface area contributed by atoms with E-state index in [1.807, 2.05) is 4.90 Å². The van der Waals surface area contributed by atoms with Crippen LogP contribution in [0.5, 0.6) is 0 Å². The lowest BCUT2D eigenvalue weighted by atomic mass is 10.1. The molecular weight excluding hydrogens is 274 g/mol. The maximum Gasteiger partial charge on any atom is 0.227 e. The molecule has 116 valence electrons. The van der Waals surface area contributed by atoms with Crippen LogP contribution >= 0.6 is 0 Å². The van der Waals surface area contributed by atoms with Gasteiger partial charge in [-0.1, -0.05) is 19.4 Å². The van der Waals surface area contributed by atoms with E-state index in [-0.39, 0.29) is 12.3 Å². The standard InChI is InChI=1S/C16H22F2N2O/c1-2-3-6-19-7-9-20(10-8-19)16(21)12-13-4-5-14(17)15(18)11-13/h4-5,11H,2-3,6-10,12H2,1H3. The summed E-state index contributed by atoms with van der Waals surface area (Å²) < 4.78 is 26.0. The molecule has 1 aliphatic heterocycles. The highest BCUT2D eigenvalue weighted by Gasteiger charge is 2.20. The number of unbranched alkanes of at least 4 members (excludes halogenated alkanes) is 1. The Morgan fingerprint density at radius 2 is 1.86 bits per heavy atom. The van der Waals surface area contributed by atoms with Crippen molar-refractivity contribution in [1.82, 2.24) is 9.80 Å². The minimum Gasteiger partial charge on any atom is -0.340 e. The fourth-order valence-corrected chi connectivity index (χ4v) is 2.54. The Labute approximate surface area is 124 Å². The van der Waals surface area contributed by atoms with Gasteiger partial charge in [-0.3, -0.25) is 9.69 Å². The number of rotatable bonds is 5. The molecule has 1 aromatic rings. The molecule has 0 unspecified atom stereocenters. The first-order valence-electron chi connectivity index (χ1n) is 7.54. The predicted molar refractivity (Wildman–Crippen MR) is 78.0 cm³/mol. The van der Waals surface area contributed by atoms with Crippen molar-refractivity contribution in [2.24, 2.45) is 0 Å². The molecule has 0 radical (unpaired) electrons. The number of carbonyl (C=O) groups excluding carboxylic acids is 1. The number of piperazine rings is 1. The third-order valence-corrected chi connectivity index (χ3v) is 3.89. The van der Waals surface area contributed by atoms with Crippen LogP contribution in [0, 0.1) is 11.6 Å². The van der Waals surface area contributed by atoms with Gasteiger partial charge in [-0.15, -0.1) is 0 Å². The Morgan fingerprint density at radius 1 is 1.14 bits per heavy atom. The number of benzene rings is 1. The second kappa shape index (κ2) is 7.50. The molecule has 1 aliphatic rings. The highest BCUT2D eigenvalue weighted by atomic mass is 19.2. The van der Waals surface area contributed by atoms with Crippen LogP contribution in [0.3, 0.4) is 0 Å². The highest BCUT2D eigenvalue weighted by molar-refractivity contribution is 5.78. The topological polar surface area (TPSA) is 23.6 Å². The number of amides is 1. The van der Waals surface area contributed by atoms with Crippen molar-refractivity contribution in [3.8, 4) is 0 Å². The largest absolute Gasteiger partial charge is 0.340 e. The Balaban J connectivity index is 1.83. The minimum absolute atomic E-state index is 0.0175. The van der Waals surface area contributed by atoms with Gasteiger partial charge >= 0.3 is 0 Å². The molecule has 5 heteroatoms. The van der Waals surface area contributed by atoms with E-state index in [9.17, 15) is 13.6 Å². The van der Waals surface area contributed by atoms with Gasteiger partial charge in [0.25, 0.3) is 0 Å². The van der Waals surface area contributed by atoms with Gasteiger partial charge in [0, 0.05) is 26.2 Å². The molecule has 21 heavy (non-hydrogen) atoms. The van der Waals surface area contributed by atoms with Gasteiger partial charge in [0.05, 0.1) is 6.42 Å². The SMILES string of the molecule is CCCCN1CCN(C(=O)Cc2ccc(F)c(F)c2)CC1. The Bertz CT molecular complexity index is 485. The average molecular weight is 296 g/mol. The van der Waals surface area contributed by atoms with Gasteiger partial charge in [-0.2, -0.15) is 0 Å². The summed E-state index contributed by atoms with van der Waals surface area (Å²) >= 11 is 0. The lowest BCUT2D eigenvalue weighted by Gasteiger charge is -2.34. The van der Waals surface area contributed by atoms with E-state index < -0.39 is 11.6 Å². The summed E-state index contributed by atoms with van der Waals surface area (Å²) in [4.78, 5) is 16.4. The molecule has 0 atom stereocenters. The minimum atomic E-state index is -0.898. The molecule has 0 saturated carbocycles. The average Bonchev–Trinajstić information content (AvgIpc) is 2.49. The van der Waals surface area contributed by atoms with Crippen molar-refractivity contribution >= 4 is 5.91 Å². The first-order valence-corrected chi connectivity index (χ1v) is 7.54. The summed E-state index contributed by atoms with van der Waals surface area (Å²) in [6, 6.07) is 3.64. The predicted octanol–water partition coefficient (Wildman–Crippen LogP) is 2.45. The van der Waals surface area contributed by atoms with E-state index in [0.29, 0.717) is 18.7 Å². The summed E-state index contributed by atoms with van der Waals surface area (Å²) in [5, 5.41) is 0. The monoisotopic (exact) mass is 296 g/mol. The van der Waals surface area contributed by atoms with Crippen LogP contribution in [0.4, 0.5) is 8.78 Å². The Morgan fingerprint density at radius 3 is 2.48 bits per heavy atom. The Kier molecular flexibility index (Phi) is 5.67. The summed E-state index contributed by atoms with van der Waals surface area (Å²) in [5.41, 5.74) is 0.521. The van der Waals surface area contributed by atoms with Crippen molar-refractivity contribution < 1.29 is 13.6 Å². The zero-order valence-electron chi connectivity index (χ0n) is 12.4. The fourth-order valence-electron chi connectivity index (χ4n) is 2.54. The van der Waals surface area contributed by atoms with Crippen molar-refractivity contribution in [3.05, 3.63) is 35.4 Å². The molecule has 1 heterocycles. The molecule has 1 amide bonds. The van der Waals surface area contributed by atoms with Crippen molar-refractivity contribution in [2.45, 2.75) is 26.2 Å². The summed E-state index contributed by atoms with van der Waals surface area (Å²) in [6.07, 6.45) is 2.49. The zero-order valence-corrected chi connectivity index (χ0v) is 12.4. The summed E-state index contributed by atoms with van der Waals surface area (Å²) in [6.45, 7) is 6.47. The van der Waals surface area contributed by atoms with Gasteiger partial charge in [-0.05, 0) is 30.7 Å². The maximum atomic E-state index is 13.1. The van der Waals surface area contributed by atoms with E-state index >= 15 is 0 Å². The van der Waals surface area contributed by atoms with Crippen LogP contribution in [0.1, 0.15) is 25.3 Å². The van der Waals surface area contributed by atoms with Crippen LogP contribution in [0.2, 0.25) is 0 Å². The molecule has 1 aromatic carbocycles. The molecule has 3 nitrogen and oxygen atoms in total. The van der Waals surface area contributed by atoms with E-state index in [2.05, 4.69) is 11.8 Å². The molecule has 0 N–H and O–H groups in total. The number of hydrogen-bond acceptors (Lipinski definition) is 2. The van der Waals surface area contributed by atoms with Crippen LogP contribution < -0.4 is 0 Å². The smallest absolute Gasteiger partial charge is 0.227 e. The molecular formula is C16H22F2N2O. The van der Waals surface area contributed by atoms with Crippen LogP contribution in [-0.2, 0) is 11.2 Å². The third kappa shape index (κ3) is 4.49. The lowest BCUT2D eigenvalue weighted by Crippen LogP contribution is -2.49. The molecule has 0 aromatic heterocycles. The number of nitrogens with zero attached hydrogens (tertiary/aromatic N) is 2. The molecule has 0 bridgehead atoms. The maximum absolute atomic E-state index is 13.1. The van der Waals surface area contributed by atoms with Crippen molar-refractivity contribution in [1.29, 1.82) is 0 Å². The number of hydrogen-bond donors (Lipinski definition) is 0. The fraction of sp³-hybridized carbons (Fsp3) is 0.562. The first-order chi connectivity index (χ1) is 10.1. The second-order valence-electron chi connectivity index (χ2n) is 5.50. The van der Waals surface area contributed by atoms with Gasteiger partial charge in [0.1, 0.15) is 0 Å². The molecule has 0 aliphatic carbocycles. The Hall–Kier alpha value is -1.49. The van der Waals surface area contributed by atoms with Crippen LogP contribution in [0.15, 0.2) is 18.2 Å². The van der Waals surface area contributed by atoms with Gasteiger partial charge in [0.15, 0.2) is 11.6 Å². The van der Waals surface area contributed by atoms with E-state index in [1.54, 1.807) is 0 Å². The quantitative estimate of drug-likeness (QED) is 0.833. The van der Waals surface area contributed by atoms with Crippen LogP contribution in [-0.4, -0.2) is 48.4 Å². The van der Waals surface area contributed by atoms with Gasteiger partial charge in [0.2, 0.25) is 5.91 Å². The molecule has 0 spiro atoms. The zero-order chi connectivity index (χ0) is 15.2. The lowest BCUT2D eigenvalue weighted by molar-refractivity contribution is -0.132. The summed E-state index contributed by atoms with van der Waals surface area (Å²) in [5.74, 6) is -1.79. The van der Waals surface area contributed by atoms with Crippen LogP contribution in [0.25, 0.3) is 0 Å². The van der Waals surface area contributed by atoms with Gasteiger partial charge < -0.3 is 4.90 Å². The summed E-state index contributed by atoms with van der Waals surface area (Å²) in [7, 11) is 0. The normalized spacial score (nSPS) is 16.2. The van der Waals surface area contributed by atoms with Crippen molar-refractivity contribution in [3.63, 3.8) is 0 Å². The second-order valence-corrected chi connectivity index (χ2v) is 5.50. The molecule has 2 rings (SSSR count). The van der Waals surface area contributed by atoms with E-state index in [4.69, 9.17) is 0 Å².